The third-order valence-corrected chi connectivity index (χ3v) is 3.18. The predicted molar refractivity (Wildman–Crippen MR) is 61.0 cm³/mol. The van der Waals surface area contributed by atoms with E-state index >= 15 is 0 Å². The summed E-state index contributed by atoms with van der Waals surface area (Å²) in [4.78, 5) is 0. The molecule has 0 saturated heterocycles. The molecule has 0 saturated carbocycles. The molecular weight excluding hydrogens is 194 g/mol. The first-order valence-corrected chi connectivity index (χ1v) is 5.58. The van der Waals surface area contributed by atoms with Gasteiger partial charge >= 0.3 is 0 Å². The van der Waals surface area contributed by atoms with Gasteiger partial charge in [0.25, 0.3) is 0 Å². The molecule has 0 aliphatic carbocycles. The van der Waals surface area contributed by atoms with E-state index in [1.165, 1.54) is 16.7 Å². The summed E-state index contributed by atoms with van der Waals surface area (Å²) in [5, 5.41) is 4.33. The Hall–Kier alpha value is -0.530. The third kappa shape index (κ3) is 1.79. The van der Waals surface area contributed by atoms with Gasteiger partial charge in [0, 0.05) is 11.6 Å². The second-order valence-electron chi connectivity index (χ2n) is 4.22. The van der Waals surface area contributed by atoms with Gasteiger partial charge in [-0.05, 0) is 41.6 Å². The van der Waals surface area contributed by atoms with Gasteiger partial charge < -0.3 is 5.32 Å². The average Bonchev–Trinajstić information content (AvgIpc) is 2.17. The summed E-state index contributed by atoms with van der Waals surface area (Å²) in [5.74, 6) is 0.555. The van der Waals surface area contributed by atoms with Gasteiger partial charge in [-0.3, -0.25) is 0 Å². The summed E-state index contributed by atoms with van der Waals surface area (Å²) in [7, 11) is 0. The Morgan fingerprint density at radius 2 is 2.14 bits per heavy atom. The van der Waals surface area contributed by atoms with E-state index in [0.29, 0.717) is 5.92 Å². The van der Waals surface area contributed by atoms with E-state index < -0.39 is 0 Å². The third-order valence-electron chi connectivity index (χ3n) is 2.84. The van der Waals surface area contributed by atoms with Crippen LogP contribution in [0.3, 0.4) is 0 Å². The highest BCUT2D eigenvalue weighted by Gasteiger charge is 2.14. The fourth-order valence-corrected chi connectivity index (χ4v) is 2.27. The molecule has 0 unspecified atom stereocenters. The zero-order valence-electron chi connectivity index (χ0n) is 8.73. The van der Waals surface area contributed by atoms with E-state index in [-0.39, 0.29) is 0 Å². The van der Waals surface area contributed by atoms with Crippen molar-refractivity contribution in [2.24, 2.45) is 0 Å². The second kappa shape index (κ2) is 3.92. The molecule has 0 atom stereocenters. The molecular formula is C12H16ClN. The highest BCUT2D eigenvalue weighted by molar-refractivity contribution is 6.31. The van der Waals surface area contributed by atoms with Crippen molar-refractivity contribution in [3.63, 3.8) is 0 Å². The first-order chi connectivity index (χ1) is 6.68. The lowest BCUT2D eigenvalue weighted by atomic mass is 9.94. The molecule has 1 aliphatic heterocycles. The van der Waals surface area contributed by atoms with E-state index in [1.807, 2.05) is 0 Å². The Morgan fingerprint density at radius 3 is 2.86 bits per heavy atom. The monoisotopic (exact) mass is 209 g/mol. The van der Waals surface area contributed by atoms with Crippen LogP contribution < -0.4 is 5.32 Å². The van der Waals surface area contributed by atoms with Crippen molar-refractivity contribution in [2.75, 3.05) is 6.54 Å². The van der Waals surface area contributed by atoms with Gasteiger partial charge in [0.1, 0.15) is 0 Å². The van der Waals surface area contributed by atoms with Crippen molar-refractivity contribution < 1.29 is 0 Å². The number of halogens is 1. The Morgan fingerprint density at radius 1 is 1.36 bits per heavy atom. The Bertz CT molecular complexity index is 344. The number of rotatable bonds is 1. The summed E-state index contributed by atoms with van der Waals surface area (Å²) in [6.45, 7) is 6.42. The second-order valence-corrected chi connectivity index (χ2v) is 4.63. The van der Waals surface area contributed by atoms with Gasteiger partial charge in [-0.25, -0.2) is 0 Å². The Kier molecular flexibility index (Phi) is 2.80. The van der Waals surface area contributed by atoms with Crippen LogP contribution in [0.4, 0.5) is 0 Å². The summed E-state index contributed by atoms with van der Waals surface area (Å²) >= 11 is 6.26. The van der Waals surface area contributed by atoms with Crippen LogP contribution in [0, 0.1) is 0 Å². The maximum absolute atomic E-state index is 6.26. The van der Waals surface area contributed by atoms with Crippen LogP contribution in [0.1, 0.15) is 36.5 Å². The summed E-state index contributed by atoms with van der Waals surface area (Å²) in [5.41, 5.74) is 4.07. The molecule has 1 aromatic carbocycles. The van der Waals surface area contributed by atoms with Crippen molar-refractivity contribution >= 4 is 11.6 Å². The molecule has 1 heterocycles. The molecule has 0 bridgehead atoms. The van der Waals surface area contributed by atoms with Crippen molar-refractivity contribution in [3.05, 3.63) is 33.8 Å². The molecule has 2 rings (SSSR count). The standard InChI is InChI=1S/C12H16ClN/c1-8(2)9-5-10-7-14-4-3-11(10)12(13)6-9/h5-6,8,14H,3-4,7H2,1-2H3. The van der Waals surface area contributed by atoms with Crippen LogP contribution in [0.25, 0.3) is 0 Å². The molecule has 14 heavy (non-hydrogen) atoms. The van der Waals surface area contributed by atoms with E-state index in [4.69, 9.17) is 11.6 Å². The number of hydrogen-bond acceptors (Lipinski definition) is 1. The van der Waals surface area contributed by atoms with E-state index in [2.05, 4.69) is 31.3 Å². The molecule has 1 nitrogen and oxygen atoms in total. The normalized spacial score (nSPS) is 15.7. The molecule has 76 valence electrons. The summed E-state index contributed by atoms with van der Waals surface area (Å²) in [6, 6.07) is 4.41. The van der Waals surface area contributed by atoms with Crippen molar-refractivity contribution in [1.29, 1.82) is 0 Å². The van der Waals surface area contributed by atoms with Gasteiger partial charge in [0.2, 0.25) is 0 Å². The number of fused-ring (bicyclic) bond motifs is 1. The largest absolute Gasteiger partial charge is 0.312 e. The molecule has 0 fully saturated rings. The highest BCUT2D eigenvalue weighted by Crippen LogP contribution is 2.28. The van der Waals surface area contributed by atoms with Gasteiger partial charge in [-0.1, -0.05) is 31.5 Å². The molecule has 0 radical (unpaired) electrons. The van der Waals surface area contributed by atoms with Gasteiger partial charge in [-0.15, -0.1) is 0 Å². The van der Waals surface area contributed by atoms with Crippen molar-refractivity contribution in [1.82, 2.24) is 5.32 Å². The minimum atomic E-state index is 0.555. The smallest absolute Gasteiger partial charge is 0.0444 e. The fourth-order valence-electron chi connectivity index (χ4n) is 1.92. The van der Waals surface area contributed by atoms with E-state index in [1.54, 1.807) is 0 Å². The van der Waals surface area contributed by atoms with Crippen LogP contribution >= 0.6 is 11.6 Å². The Balaban J connectivity index is 2.46. The maximum atomic E-state index is 6.26. The quantitative estimate of drug-likeness (QED) is 0.750. The first-order valence-electron chi connectivity index (χ1n) is 5.20. The minimum Gasteiger partial charge on any atom is -0.312 e. The minimum absolute atomic E-state index is 0.555. The summed E-state index contributed by atoms with van der Waals surface area (Å²) in [6.07, 6.45) is 1.06. The molecule has 2 heteroatoms. The van der Waals surface area contributed by atoms with Gasteiger partial charge in [-0.2, -0.15) is 0 Å². The average molecular weight is 210 g/mol. The Labute approximate surface area is 90.5 Å². The SMILES string of the molecule is CC(C)c1cc(Cl)c2c(c1)CNCC2. The number of benzene rings is 1. The maximum Gasteiger partial charge on any atom is 0.0444 e. The van der Waals surface area contributed by atoms with Crippen LogP contribution in [0.15, 0.2) is 12.1 Å². The molecule has 0 spiro atoms. The van der Waals surface area contributed by atoms with Crippen LogP contribution in [-0.2, 0) is 13.0 Å². The molecule has 0 aromatic heterocycles. The highest BCUT2D eigenvalue weighted by atomic mass is 35.5. The van der Waals surface area contributed by atoms with Crippen LogP contribution in [0.2, 0.25) is 5.02 Å². The van der Waals surface area contributed by atoms with Crippen molar-refractivity contribution in [3.8, 4) is 0 Å². The molecule has 0 amide bonds. The number of nitrogens with one attached hydrogen (secondary N) is 1. The number of hydrogen-bond donors (Lipinski definition) is 1. The molecule has 1 aromatic rings. The lowest BCUT2D eigenvalue weighted by molar-refractivity contribution is 0.641. The van der Waals surface area contributed by atoms with Crippen molar-refractivity contribution in [2.45, 2.75) is 32.7 Å². The molecule has 1 aliphatic rings. The lowest BCUT2D eigenvalue weighted by Gasteiger charge is -2.20. The topological polar surface area (TPSA) is 12.0 Å². The first kappa shape index (κ1) is 10.0. The lowest BCUT2D eigenvalue weighted by Crippen LogP contribution is -2.24. The zero-order chi connectivity index (χ0) is 10.1. The van der Waals surface area contributed by atoms with E-state index in [9.17, 15) is 0 Å². The van der Waals surface area contributed by atoms with E-state index in [0.717, 1.165) is 24.5 Å². The molecule has 1 N–H and O–H groups in total. The zero-order valence-corrected chi connectivity index (χ0v) is 9.49. The summed E-state index contributed by atoms with van der Waals surface area (Å²) < 4.78 is 0. The van der Waals surface area contributed by atoms with Crippen LogP contribution in [0.5, 0.6) is 0 Å². The van der Waals surface area contributed by atoms with Gasteiger partial charge in [0.05, 0.1) is 0 Å². The fraction of sp³-hybridized carbons (Fsp3) is 0.500. The predicted octanol–water partition coefficient (Wildman–Crippen LogP) is 3.11. The van der Waals surface area contributed by atoms with Gasteiger partial charge in [0.15, 0.2) is 0 Å². The van der Waals surface area contributed by atoms with Crippen LogP contribution in [-0.4, -0.2) is 6.54 Å².